The van der Waals surface area contributed by atoms with Crippen LogP contribution in [-0.4, -0.2) is 23.1 Å². The Morgan fingerprint density at radius 2 is 2.33 bits per heavy atom. The predicted octanol–water partition coefficient (Wildman–Crippen LogP) is 0.191. The second-order valence-corrected chi connectivity index (χ2v) is 3.95. The maximum Gasteiger partial charge on any atom is 0.223 e. The zero-order chi connectivity index (χ0) is 10.8. The SMILES string of the molecule is CC1CCN(c2cc(NN)nc(N)n2)C1. The number of hydrogen-bond donors (Lipinski definition) is 3. The highest BCUT2D eigenvalue weighted by molar-refractivity contribution is 5.52. The van der Waals surface area contributed by atoms with Gasteiger partial charge in [-0.15, -0.1) is 0 Å². The van der Waals surface area contributed by atoms with Crippen molar-refractivity contribution in [2.45, 2.75) is 13.3 Å². The molecule has 0 aliphatic carbocycles. The Morgan fingerprint density at radius 3 is 2.93 bits per heavy atom. The Morgan fingerprint density at radius 1 is 1.53 bits per heavy atom. The van der Waals surface area contributed by atoms with Gasteiger partial charge in [0.25, 0.3) is 0 Å². The van der Waals surface area contributed by atoms with Crippen molar-refractivity contribution < 1.29 is 0 Å². The highest BCUT2D eigenvalue weighted by Gasteiger charge is 2.20. The molecule has 2 heterocycles. The average Bonchev–Trinajstić information content (AvgIpc) is 2.64. The average molecular weight is 208 g/mol. The third kappa shape index (κ3) is 2.10. The molecule has 82 valence electrons. The standard InChI is InChI=1S/C9H16N6/c1-6-2-3-15(5-6)8-4-7(14-11)12-9(10)13-8/h4,6H,2-3,5,11H2,1H3,(H3,10,12,13,14). The third-order valence-electron chi connectivity index (χ3n) is 2.63. The van der Waals surface area contributed by atoms with E-state index in [0.717, 1.165) is 18.9 Å². The molecular weight excluding hydrogens is 192 g/mol. The Labute approximate surface area is 88.6 Å². The molecule has 1 unspecified atom stereocenters. The van der Waals surface area contributed by atoms with E-state index in [4.69, 9.17) is 11.6 Å². The lowest BCUT2D eigenvalue weighted by Gasteiger charge is -2.17. The Kier molecular flexibility index (Phi) is 2.59. The number of nitrogens with zero attached hydrogens (tertiary/aromatic N) is 3. The molecule has 15 heavy (non-hydrogen) atoms. The summed E-state index contributed by atoms with van der Waals surface area (Å²) in [5.41, 5.74) is 8.08. The predicted molar refractivity (Wildman–Crippen MR) is 60.2 cm³/mol. The van der Waals surface area contributed by atoms with Gasteiger partial charge in [-0.1, -0.05) is 6.92 Å². The molecule has 0 aromatic carbocycles. The van der Waals surface area contributed by atoms with E-state index in [1.807, 2.05) is 6.07 Å². The number of hydrogen-bond acceptors (Lipinski definition) is 6. The van der Waals surface area contributed by atoms with Gasteiger partial charge in [0.15, 0.2) is 0 Å². The lowest BCUT2D eigenvalue weighted by atomic mass is 10.2. The number of rotatable bonds is 2. The molecule has 2 rings (SSSR count). The fourth-order valence-electron chi connectivity index (χ4n) is 1.83. The second-order valence-electron chi connectivity index (χ2n) is 3.95. The lowest BCUT2D eigenvalue weighted by Crippen LogP contribution is -2.22. The summed E-state index contributed by atoms with van der Waals surface area (Å²) in [6, 6.07) is 1.81. The summed E-state index contributed by atoms with van der Waals surface area (Å²) in [6.45, 7) is 4.26. The quantitative estimate of drug-likeness (QED) is 0.474. The van der Waals surface area contributed by atoms with Crippen molar-refractivity contribution in [2.75, 3.05) is 29.1 Å². The first-order chi connectivity index (χ1) is 7.19. The Hall–Kier alpha value is -1.56. The first kappa shape index (κ1) is 9.97. The zero-order valence-corrected chi connectivity index (χ0v) is 8.77. The monoisotopic (exact) mass is 208 g/mol. The molecule has 1 aliphatic rings. The van der Waals surface area contributed by atoms with E-state index < -0.39 is 0 Å². The van der Waals surface area contributed by atoms with Crippen molar-refractivity contribution in [1.82, 2.24) is 9.97 Å². The van der Waals surface area contributed by atoms with Crippen LogP contribution in [0.4, 0.5) is 17.6 Å². The normalized spacial score (nSPS) is 20.7. The molecule has 0 radical (unpaired) electrons. The Bertz CT molecular complexity index is 352. The van der Waals surface area contributed by atoms with Crippen LogP contribution < -0.4 is 21.9 Å². The summed E-state index contributed by atoms with van der Waals surface area (Å²) in [5, 5.41) is 0. The molecule has 0 amide bonds. The molecule has 1 fully saturated rings. The number of anilines is 3. The van der Waals surface area contributed by atoms with Crippen molar-refractivity contribution in [3.8, 4) is 0 Å². The largest absolute Gasteiger partial charge is 0.368 e. The van der Waals surface area contributed by atoms with Gasteiger partial charge in [0.05, 0.1) is 0 Å². The van der Waals surface area contributed by atoms with Gasteiger partial charge in [0.1, 0.15) is 11.6 Å². The van der Waals surface area contributed by atoms with Crippen molar-refractivity contribution in [3.63, 3.8) is 0 Å². The van der Waals surface area contributed by atoms with Crippen LogP contribution >= 0.6 is 0 Å². The molecule has 0 saturated carbocycles. The van der Waals surface area contributed by atoms with Crippen LogP contribution in [-0.2, 0) is 0 Å². The van der Waals surface area contributed by atoms with Gasteiger partial charge >= 0.3 is 0 Å². The van der Waals surface area contributed by atoms with E-state index >= 15 is 0 Å². The lowest BCUT2D eigenvalue weighted by molar-refractivity contribution is 0.659. The summed E-state index contributed by atoms with van der Waals surface area (Å²) in [4.78, 5) is 10.3. The first-order valence-corrected chi connectivity index (χ1v) is 5.05. The second kappa shape index (κ2) is 3.90. The fourth-order valence-corrected chi connectivity index (χ4v) is 1.83. The molecule has 6 nitrogen and oxygen atoms in total. The number of nitrogens with one attached hydrogen (secondary N) is 1. The van der Waals surface area contributed by atoms with Gasteiger partial charge in [-0.3, -0.25) is 0 Å². The van der Waals surface area contributed by atoms with Gasteiger partial charge in [-0.2, -0.15) is 9.97 Å². The zero-order valence-electron chi connectivity index (χ0n) is 8.77. The van der Waals surface area contributed by atoms with Crippen molar-refractivity contribution in [1.29, 1.82) is 0 Å². The number of nitrogens with two attached hydrogens (primary N) is 2. The van der Waals surface area contributed by atoms with Gasteiger partial charge in [0, 0.05) is 19.2 Å². The maximum absolute atomic E-state index is 5.59. The minimum atomic E-state index is 0.250. The minimum Gasteiger partial charge on any atom is -0.368 e. The van der Waals surface area contributed by atoms with Gasteiger partial charge in [0.2, 0.25) is 5.95 Å². The van der Waals surface area contributed by atoms with E-state index in [1.165, 1.54) is 6.42 Å². The van der Waals surface area contributed by atoms with Crippen LogP contribution in [0.1, 0.15) is 13.3 Å². The first-order valence-electron chi connectivity index (χ1n) is 5.05. The topological polar surface area (TPSA) is 93.1 Å². The molecule has 5 N–H and O–H groups in total. The molecule has 1 aromatic heterocycles. The molecule has 1 saturated heterocycles. The Balaban J connectivity index is 2.24. The number of hydrazine groups is 1. The summed E-state index contributed by atoms with van der Waals surface area (Å²) in [6.07, 6.45) is 1.19. The van der Waals surface area contributed by atoms with Gasteiger partial charge in [-0.25, -0.2) is 5.84 Å². The fraction of sp³-hybridized carbons (Fsp3) is 0.556. The number of aromatic nitrogens is 2. The van der Waals surface area contributed by atoms with Crippen LogP contribution in [0.15, 0.2) is 6.07 Å². The summed E-state index contributed by atoms with van der Waals surface area (Å²) in [7, 11) is 0. The molecule has 1 aliphatic heterocycles. The van der Waals surface area contributed by atoms with E-state index in [1.54, 1.807) is 0 Å². The van der Waals surface area contributed by atoms with Crippen LogP contribution in [0.2, 0.25) is 0 Å². The number of nitrogen functional groups attached to an aromatic ring is 2. The van der Waals surface area contributed by atoms with E-state index in [0.29, 0.717) is 11.7 Å². The van der Waals surface area contributed by atoms with Crippen molar-refractivity contribution in [2.24, 2.45) is 11.8 Å². The summed E-state index contributed by atoms with van der Waals surface area (Å²) >= 11 is 0. The van der Waals surface area contributed by atoms with E-state index in [9.17, 15) is 0 Å². The van der Waals surface area contributed by atoms with Crippen LogP contribution in [0.25, 0.3) is 0 Å². The maximum atomic E-state index is 5.59. The van der Waals surface area contributed by atoms with Crippen LogP contribution in [0.3, 0.4) is 0 Å². The highest BCUT2D eigenvalue weighted by atomic mass is 15.3. The molecule has 1 aromatic rings. The van der Waals surface area contributed by atoms with Crippen molar-refractivity contribution >= 4 is 17.6 Å². The smallest absolute Gasteiger partial charge is 0.223 e. The summed E-state index contributed by atoms with van der Waals surface area (Å²) < 4.78 is 0. The summed E-state index contributed by atoms with van der Waals surface area (Å²) in [5.74, 6) is 7.65. The van der Waals surface area contributed by atoms with E-state index in [2.05, 4.69) is 27.2 Å². The molecule has 0 spiro atoms. The highest BCUT2D eigenvalue weighted by Crippen LogP contribution is 2.23. The van der Waals surface area contributed by atoms with Gasteiger partial charge in [-0.05, 0) is 12.3 Å². The molecule has 6 heteroatoms. The third-order valence-corrected chi connectivity index (χ3v) is 2.63. The van der Waals surface area contributed by atoms with Crippen LogP contribution in [0, 0.1) is 5.92 Å². The molecular formula is C9H16N6. The van der Waals surface area contributed by atoms with E-state index in [-0.39, 0.29) is 5.95 Å². The van der Waals surface area contributed by atoms with Crippen LogP contribution in [0.5, 0.6) is 0 Å². The molecule has 0 bridgehead atoms. The van der Waals surface area contributed by atoms with Gasteiger partial charge < -0.3 is 16.1 Å². The molecule has 1 atom stereocenters. The minimum absolute atomic E-state index is 0.250. The van der Waals surface area contributed by atoms with Crippen molar-refractivity contribution in [3.05, 3.63) is 6.07 Å².